The number of aromatic nitrogens is 1. The summed E-state index contributed by atoms with van der Waals surface area (Å²) >= 11 is 6.37. The number of piperidine rings is 2. The molecule has 5 amide bonds. The molecule has 9 rings (SSSR count). The van der Waals surface area contributed by atoms with Crippen LogP contribution in [0.3, 0.4) is 0 Å². The molecule has 0 aliphatic carbocycles. The molecule has 1 aromatic heterocycles. The molecule has 5 fully saturated rings. The third-order valence-corrected chi connectivity index (χ3v) is 13.4. The summed E-state index contributed by atoms with van der Waals surface area (Å²) in [7, 11) is 0. The van der Waals surface area contributed by atoms with E-state index in [1.54, 1.807) is 18.3 Å². The summed E-state index contributed by atoms with van der Waals surface area (Å²) in [5, 5.41) is 2.73. The summed E-state index contributed by atoms with van der Waals surface area (Å²) in [6, 6.07) is 14.6. The van der Waals surface area contributed by atoms with Gasteiger partial charge in [0.25, 0.3) is 17.7 Å². The van der Waals surface area contributed by atoms with Crippen LogP contribution in [0.25, 0.3) is 4.85 Å². The van der Waals surface area contributed by atoms with Crippen molar-refractivity contribution in [1.82, 2.24) is 25.0 Å². The molecule has 5 saturated heterocycles. The summed E-state index contributed by atoms with van der Waals surface area (Å²) in [4.78, 5) is 84.4. The maximum absolute atomic E-state index is 13.5. The molecule has 6 aliphatic heterocycles. The van der Waals surface area contributed by atoms with E-state index < -0.39 is 29.7 Å². The predicted molar refractivity (Wildman–Crippen MR) is 214 cm³/mol. The van der Waals surface area contributed by atoms with E-state index >= 15 is 0 Å². The summed E-state index contributed by atoms with van der Waals surface area (Å²) < 4.78 is 0. The Labute approximate surface area is 336 Å². The Morgan fingerprint density at radius 1 is 0.895 bits per heavy atom. The van der Waals surface area contributed by atoms with Crippen molar-refractivity contribution in [2.75, 3.05) is 73.6 Å². The first kappa shape index (κ1) is 37.1. The lowest BCUT2D eigenvalue weighted by Crippen LogP contribution is -2.63. The van der Waals surface area contributed by atoms with Crippen LogP contribution in [0.5, 0.6) is 0 Å². The molecule has 6 aliphatic rings. The second kappa shape index (κ2) is 14.5. The molecule has 2 aromatic carbocycles. The largest absolute Gasteiger partial charge is 0.368 e. The van der Waals surface area contributed by atoms with Gasteiger partial charge in [0, 0.05) is 100 Å². The summed E-state index contributed by atoms with van der Waals surface area (Å²) in [6.07, 6.45) is 5.16. The smallest absolute Gasteiger partial charge is 0.262 e. The number of halogens is 1. The van der Waals surface area contributed by atoms with E-state index in [0.29, 0.717) is 41.4 Å². The fourth-order valence-corrected chi connectivity index (χ4v) is 9.94. The summed E-state index contributed by atoms with van der Waals surface area (Å²) in [5.41, 5.74) is 3.78. The minimum atomic E-state index is -0.986. The van der Waals surface area contributed by atoms with Crippen molar-refractivity contribution in [3.63, 3.8) is 0 Å². The molecule has 57 heavy (non-hydrogen) atoms. The molecule has 2 atom stereocenters. The van der Waals surface area contributed by atoms with Gasteiger partial charge in [0.2, 0.25) is 17.5 Å². The summed E-state index contributed by atoms with van der Waals surface area (Å²) in [5.74, 6) is -1.14. The van der Waals surface area contributed by atoms with Crippen molar-refractivity contribution in [2.45, 2.75) is 57.2 Å². The second-order valence-corrected chi connectivity index (χ2v) is 16.8. The van der Waals surface area contributed by atoms with Gasteiger partial charge < -0.3 is 19.6 Å². The third kappa shape index (κ3) is 6.66. The summed E-state index contributed by atoms with van der Waals surface area (Å²) in [6.45, 7) is 16.7. The standard InChI is InChI=1S/C42H44ClN9O5/c1-26-21-42(25-51(26)29-5-7-34(44-2)33(43)20-29)11-13-48(14-12-42)36-9-3-27(22-45-36)39(55)49-17-15-47(16-18-49)30-23-50(24-30)28-4-6-31-32(19-28)41(57)52(40(31)56)35-8-10-37(53)46-38(35)54/h3-7,9,19-20,22,26,30,35H,8,10-18,21,23-25H2,1H3,(H,46,53,54)/t26-,35?/m0/s1. The normalized spacial score (nSPS) is 23.8. The molecule has 294 valence electrons. The van der Waals surface area contributed by atoms with E-state index in [4.69, 9.17) is 23.2 Å². The third-order valence-electron chi connectivity index (χ3n) is 13.1. The molecular formula is C42H44ClN9O5. The fraction of sp³-hybridized carbons (Fsp3) is 0.452. The maximum atomic E-state index is 13.5. The van der Waals surface area contributed by atoms with Crippen molar-refractivity contribution in [3.05, 3.63) is 87.9 Å². The van der Waals surface area contributed by atoms with Gasteiger partial charge in [-0.15, -0.1) is 0 Å². The number of hydrogen-bond donors (Lipinski definition) is 1. The van der Waals surface area contributed by atoms with E-state index in [0.717, 1.165) is 87.2 Å². The average Bonchev–Trinajstić information content (AvgIpc) is 3.65. The van der Waals surface area contributed by atoms with Crippen LogP contribution >= 0.6 is 11.6 Å². The maximum Gasteiger partial charge on any atom is 0.262 e. The van der Waals surface area contributed by atoms with Crippen LogP contribution in [0.1, 0.15) is 70.1 Å². The van der Waals surface area contributed by atoms with Crippen molar-refractivity contribution in [2.24, 2.45) is 5.41 Å². The molecule has 7 heterocycles. The van der Waals surface area contributed by atoms with Gasteiger partial charge in [0.05, 0.1) is 23.3 Å². The van der Waals surface area contributed by atoms with Gasteiger partial charge in [-0.25, -0.2) is 9.83 Å². The number of nitrogens with zero attached hydrogens (tertiary/aromatic N) is 8. The molecule has 3 aromatic rings. The van der Waals surface area contributed by atoms with Gasteiger partial charge in [0.15, 0.2) is 0 Å². The minimum Gasteiger partial charge on any atom is -0.368 e. The number of carbonyl (C=O) groups excluding carboxylic acids is 5. The van der Waals surface area contributed by atoms with Gasteiger partial charge in [-0.3, -0.25) is 39.1 Å². The quantitative estimate of drug-likeness (QED) is 0.286. The number of anilines is 3. The van der Waals surface area contributed by atoms with Crippen molar-refractivity contribution in [3.8, 4) is 0 Å². The molecule has 0 saturated carbocycles. The van der Waals surface area contributed by atoms with Crippen LogP contribution in [0.2, 0.25) is 5.02 Å². The lowest BCUT2D eigenvalue weighted by atomic mass is 9.77. The van der Waals surface area contributed by atoms with Crippen LogP contribution in [-0.2, 0) is 9.59 Å². The van der Waals surface area contributed by atoms with E-state index in [1.807, 2.05) is 41.3 Å². The zero-order chi connectivity index (χ0) is 39.6. The number of hydrogen-bond acceptors (Lipinski definition) is 10. The topological polar surface area (TPSA) is 134 Å². The Kier molecular flexibility index (Phi) is 9.40. The Balaban J connectivity index is 0.741. The highest BCUT2D eigenvalue weighted by molar-refractivity contribution is 6.33. The number of amides is 5. The highest BCUT2D eigenvalue weighted by atomic mass is 35.5. The molecular weight excluding hydrogens is 746 g/mol. The van der Waals surface area contributed by atoms with Crippen LogP contribution in [-0.4, -0.2) is 126 Å². The number of carbonyl (C=O) groups is 5. The van der Waals surface area contributed by atoms with E-state index in [1.165, 1.54) is 0 Å². The van der Waals surface area contributed by atoms with Gasteiger partial charge in [-0.05, 0) is 80.5 Å². The SMILES string of the molecule is [C-]#[N+]c1ccc(N2CC3(CCN(c4ccc(C(=O)N5CCN(C6CN(c7ccc8c(c7)C(=O)N(C7CCC(=O)NC7=O)C8=O)C6)CC5)cn4)CC3)C[C@@H]2C)cc1Cl. The zero-order valence-corrected chi connectivity index (χ0v) is 32.6. The Bertz CT molecular complexity index is 2200. The Morgan fingerprint density at radius 3 is 2.32 bits per heavy atom. The molecule has 15 heteroatoms. The Morgan fingerprint density at radius 2 is 1.63 bits per heavy atom. The highest BCUT2D eigenvalue weighted by Gasteiger charge is 2.46. The number of imide groups is 2. The first-order valence-corrected chi connectivity index (χ1v) is 20.2. The van der Waals surface area contributed by atoms with Gasteiger partial charge >= 0.3 is 0 Å². The van der Waals surface area contributed by atoms with Gasteiger partial charge in [0.1, 0.15) is 11.9 Å². The number of fused-ring (bicyclic) bond motifs is 1. The molecule has 0 radical (unpaired) electrons. The van der Waals surface area contributed by atoms with E-state index in [-0.39, 0.29) is 35.3 Å². The molecule has 0 bridgehead atoms. The molecule has 1 spiro atoms. The van der Waals surface area contributed by atoms with Gasteiger partial charge in [-0.2, -0.15) is 0 Å². The predicted octanol–water partition coefficient (Wildman–Crippen LogP) is 4.22. The second-order valence-electron chi connectivity index (χ2n) is 16.4. The molecule has 1 N–H and O–H groups in total. The monoisotopic (exact) mass is 789 g/mol. The van der Waals surface area contributed by atoms with Crippen LogP contribution < -0.4 is 20.0 Å². The van der Waals surface area contributed by atoms with Crippen molar-refractivity contribution in [1.29, 1.82) is 0 Å². The van der Waals surface area contributed by atoms with Gasteiger partial charge in [-0.1, -0.05) is 17.7 Å². The lowest BCUT2D eigenvalue weighted by molar-refractivity contribution is -0.136. The zero-order valence-electron chi connectivity index (χ0n) is 31.8. The van der Waals surface area contributed by atoms with E-state index in [2.05, 4.69) is 36.7 Å². The first-order valence-electron chi connectivity index (χ1n) is 19.8. The van der Waals surface area contributed by atoms with Crippen LogP contribution in [0.15, 0.2) is 54.7 Å². The van der Waals surface area contributed by atoms with E-state index in [9.17, 15) is 24.0 Å². The number of nitrogens with one attached hydrogen (secondary N) is 1. The lowest BCUT2D eigenvalue weighted by Gasteiger charge is -2.49. The fourth-order valence-electron chi connectivity index (χ4n) is 9.73. The molecule has 1 unspecified atom stereocenters. The number of pyridine rings is 1. The number of rotatable bonds is 6. The van der Waals surface area contributed by atoms with Crippen LogP contribution in [0.4, 0.5) is 22.9 Å². The minimum absolute atomic E-state index is 0.00481. The number of piperazine rings is 1. The average molecular weight is 790 g/mol. The highest BCUT2D eigenvalue weighted by Crippen LogP contribution is 2.46. The van der Waals surface area contributed by atoms with Crippen LogP contribution in [0, 0.1) is 12.0 Å². The molecule has 14 nitrogen and oxygen atoms in total. The van der Waals surface area contributed by atoms with Crippen molar-refractivity contribution < 1.29 is 24.0 Å². The van der Waals surface area contributed by atoms with Crippen molar-refractivity contribution >= 4 is 64.0 Å². The Hall–Kier alpha value is -5.52. The first-order chi connectivity index (χ1) is 27.5. The number of benzene rings is 2.